The summed E-state index contributed by atoms with van der Waals surface area (Å²) in [6.45, 7) is 3.58. The number of hydrogen-bond acceptors (Lipinski definition) is 3. The van der Waals surface area contributed by atoms with E-state index < -0.39 is 0 Å². The van der Waals surface area contributed by atoms with Crippen molar-refractivity contribution in [2.24, 2.45) is 10.9 Å². The summed E-state index contributed by atoms with van der Waals surface area (Å²) >= 11 is 5.91. The third-order valence-corrected chi connectivity index (χ3v) is 2.33. The molecule has 0 unspecified atom stereocenters. The maximum Gasteiger partial charge on any atom is 0.127 e. The summed E-state index contributed by atoms with van der Waals surface area (Å²) in [4.78, 5) is 0. The molecule has 0 heterocycles. The molecule has 0 aromatic heterocycles. The molecule has 0 fully saturated rings. The fourth-order valence-corrected chi connectivity index (χ4v) is 1.38. The van der Waals surface area contributed by atoms with Crippen LogP contribution in [-0.4, -0.2) is 11.3 Å². The Morgan fingerprint density at radius 1 is 1.54 bits per heavy atom. The fraction of sp³-hybridized carbons (Fsp3) is 0.222. The van der Waals surface area contributed by atoms with Gasteiger partial charge < -0.3 is 10.9 Å². The van der Waals surface area contributed by atoms with Gasteiger partial charge in [-0.15, -0.1) is 0 Å². The van der Waals surface area contributed by atoms with Crippen LogP contribution in [0, 0.1) is 13.8 Å². The van der Waals surface area contributed by atoms with Crippen LogP contribution in [0.3, 0.4) is 0 Å². The highest BCUT2D eigenvalue weighted by atomic mass is 35.5. The SMILES string of the molecule is Cc1cc(Cl)c(C)c(C=NN)c1O. The molecule has 1 rings (SSSR count). The van der Waals surface area contributed by atoms with E-state index >= 15 is 0 Å². The van der Waals surface area contributed by atoms with Crippen LogP contribution in [0.15, 0.2) is 11.2 Å². The quantitative estimate of drug-likeness (QED) is 0.412. The van der Waals surface area contributed by atoms with Gasteiger partial charge in [-0.05, 0) is 31.0 Å². The predicted octanol–water partition coefficient (Wildman–Crippen LogP) is 1.96. The molecule has 4 heteroatoms. The number of benzene rings is 1. The van der Waals surface area contributed by atoms with Crippen molar-refractivity contribution in [1.29, 1.82) is 0 Å². The minimum absolute atomic E-state index is 0.177. The van der Waals surface area contributed by atoms with Crippen molar-refractivity contribution in [2.75, 3.05) is 0 Å². The zero-order chi connectivity index (χ0) is 10.0. The Morgan fingerprint density at radius 3 is 2.69 bits per heavy atom. The molecule has 0 bridgehead atoms. The Kier molecular flexibility index (Phi) is 2.78. The van der Waals surface area contributed by atoms with E-state index in [-0.39, 0.29) is 5.75 Å². The zero-order valence-corrected chi connectivity index (χ0v) is 8.26. The number of aromatic hydroxyl groups is 1. The molecule has 0 aliphatic rings. The summed E-state index contributed by atoms with van der Waals surface area (Å²) < 4.78 is 0. The van der Waals surface area contributed by atoms with Crippen molar-refractivity contribution in [3.05, 3.63) is 27.8 Å². The molecule has 3 nitrogen and oxygen atoms in total. The Morgan fingerprint density at radius 2 is 2.15 bits per heavy atom. The van der Waals surface area contributed by atoms with Gasteiger partial charge >= 0.3 is 0 Å². The first-order valence-electron chi connectivity index (χ1n) is 3.80. The third kappa shape index (κ3) is 1.75. The monoisotopic (exact) mass is 198 g/mol. The highest BCUT2D eigenvalue weighted by Crippen LogP contribution is 2.29. The first-order valence-corrected chi connectivity index (χ1v) is 4.17. The minimum atomic E-state index is 0.177. The average molecular weight is 199 g/mol. The minimum Gasteiger partial charge on any atom is -0.507 e. The van der Waals surface area contributed by atoms with E-state index in [4.69, 9.17) is 17.4 Å². The lowest BCUT2D eigenvalue weighted by Crippen LogP contribution is -1.94. The number of hydrogen-bond donors (Lipinski definition) is 2. The first kappa shape index (κ1) is 9.86. The van der Waals surface area contributed by atoms with Crippen LogP contribution in [0.2, 0.25) is 5.02 Å². The van der Waals surface area contributed by atoms with Crippen LogP contribution in [0.5, 0.6) is 5.75 Å². The van der Waals surface area contributed by atoms with Gasteiger partial charge in [0.25, 0.3) is 0 Å². The van der Waals surface area contributed by atoms with E-state index in [1.54, 1.807) is 19.9 Å². The summed E-state index contributed by atoms with van der Waals surface area (Å²) in [6.07, 6.45) is 1.39. The summed E-state index contributed by atoms with van der Waals surface area (Å²) in [5.41, 5.74) is 2.07. The number of halogens is 1. The van der Waals surface area contributed by atoms with E-state index in [2.05, 4.69) is 5.10 Å². The Balaban J connectivity index is 3.46. The highest BCUT2D eigenvalue weighted by Gasteiger charge is 2.09. The van der Waals surface area contributed by atoms with Gasteiger partial charge in [-0.1, -0.05) is 11.6 Å². The van der Waals surface area contributed by atoms with E-state index in [0.29, 0.717) is 16.1 Å². The van der Waals surface area contributed by atoms with Gasteiger partial charge in [0.2, 0.25) is 0 Å². The molecule has 0 aliphatic carbocycles. The summed E-state index contributed by atoms with van der Waals surface area (Å²) in [6, 6.07) is 1.71. The summed E-state index contributed by atoms with van der Waals surface area (Å²) in [5, 5.41) is 13.6. The fourth-order valence-electron chi connectivity index (χ4n) is 1.12. The van der Waals surface area contributed by atoms with Crippen LogP contribution in [0.1, 0.15) is 16.7 Å². The molecule has 0 atom stereocenters. The third-order valence-electron chi connectivity index (χ3n) is 1.94. The molecule has 0 amide bonds. The largest absolute Gasteiger partial charge is 0.507 e. The maximum atomic E-state index is 9.63. The molecule has 13 heavy (non-hydrogen) atoms. The van der Waals surface area contributed by atoms with Crippen molar-refractivity contribution in [3.8, 4) is 5.75 Å². The van der Waals surface area contributed by atoms with Gasteiger partial charge in [0.05, 0.1) is 6.21 Å². The highest BCUT2D eigenvalue weighted by molar-refractivity contribution is 6.31. The van der Waals surface area contributed by atoms with Crippen LogP contribution < -0.4 is 5.84 Å². The number of rotatable bonds is 1. The smallest absolute Gasteiger partial charge is 0.127 e. The van der Waals surface area contributed by atoms with Gasteiger partial charge in [-0.2, -0.15) is 5.10 Å². The summed E-state index contributed by atoms with van der Waals surface area (Å²) in [7, 11) is 0. The number of nitrogens with two attached hydrogens (primary N) is 1. The van der Waals surface area contributed by atoms with Gasteiger partial charge in [-0.25, -0.2) is 0 Å². The molecule has 0 radical (unpaired) electrons. The number of nitrogens with zero attached hydrogens (tertiary/aromatic N) is 1. The van der Waals surface area contributed by atoms with Crippen LogP contribution in [0.4, 0.5) is 0 Å². The zero-order valence-electron chi connectivity index (χ0n) is 7.50. The van der Waals surface area contributed by atoms with E-state index in [1.165, 1.54) is 6.21 Å². The predicted molar refractivity (Wildman–Crippen MR) is 54.4 cm³/mol. The average Bonchev–Trinajstić information content (AvgIpc) is 2.09. The molecule has 3 N–H and O–H groups in total. The van der Waals surface area contributed by atoms with E-state index in [9.17, 15) is 5.11 Å². The molecular formula is C9H11ClN2O. The van der Waals surface area contributed by atoms with Gasteiger partial charge in [0.1, 0.15) is 5.75 Å². The van der Waals surface area contributed by atoms with Crippen LogP contribution in [-0.2, 0) is 0 Å². The molecule has 0 spiro atoms. The Bertz CT molecular complexity index is 335. The molecule has 70 valence electrons. The molecule has 1 aromatic rings. The number of hydrazone groups is 1. The topological polar surface area (TPSA) is 58.6 Å². The molecular weight excluding hydrogens is 188 g/mol. The maximum absolute atomic E-state index is 9.63. The second kappa shape index (κ2) is 3.66. The van der Waals surface area contributed by atoms with Crippen LogP contribution in [0.25, 0.3) is 0 Å². The Labute approximate surface area is 81.8 Å². The summed E-state index contributed by atoms with van der Waals surface area (Å²) in [5.74, 6) is 5.19. The second-order valence-electron chi connectivity index (χ2n) is 2.84. The molecule has 0 aliphatic heterocycles. The van der Waals surface area contributed by atoms with Crippen molar-refractivity contribution in [2.45, 2.75) is 13.8 Å². The normalized spacial score (nSPS) is 11.0. The lowest BCUT2D eigenvalue weighted by molar-refractivity contribution is 0.470. The number of aryl methyl sites for hydroxylation is 1. The van der Waals surface area contributed by atoms with Gasteiger partial charge in [0, 0.05) is 10.6 Å². The van der Waals surface area contributed by atoms with Crippen molar-refractivity contribution < 1.29 is 5.11 Å². The molecule has 1 aromatic carbocycles. The lowest BCUT2D eigenvalue weighted by atomic mass is 10.0. The van der Waals surface area contributed by atoms with Gasteiger partial charge in [-0.3, -0.25) is 0 Å². The van der Waals surface area contributed by atoms with E-state index in [0.717, 1.165) is 5.56 Å². The van der Waals surface area contributed by atoms with Gasteiger partial charge in [0.15, 0.2) is 0 Å². The first-order chi connectivity index (χ1) is 6.07. The lowest BCUT2D eigenvalue weighted by Gasteiger charge is -2.08. The standard InChI is InChI=1S/C9H11ClN2O/c1-5-3-8(10)6(2)7(4-12-11)9(5)13/h3-4,13H,11H2,1-2H3. The van der Waals surface area contributed by atoms with Crippen molar-refractivity contribution in [3.63, 3.8) is 0 Å². The molecule has 0 saturated heterocycles. The van der Waals surface area contributed by atoms with Crippen molar-refractivity contribution in [1.82, 2.24) is 0 Å². The Hall–Kier alpha value is -1.22. The van der Waals surface area contributed by atoms with E-state index in [1.807, 2.05) is 0 Å². The van der Waals surface area contributed by atoms with Crippen molar-refractivity contribution >= 4 is 17.8 Å². The number of phenolic OH excluding ortho intramolecular Hbond substituents is 1. The number of phenols is 1. The van der Waals surface area contributed by atoms with Crippen LogP contribution >= 0.6 is 11.6 Å². The molecule has 0 saturated carbocycles. The second-order valence-corrected chi connectivity index (χ2v) is 3.25.